The van der Waals surface area contributed by atoms with Gasteiger partial charge in [-0.25, -0.2) is 0 Å². The smallest absolute Gasteiger partial charge is 0.223 e. The number of nitrogens with zero attached hydrogens (tertiary/aromatic N) is 1. The number of amides is 1. The van der Waals surface area contributed by atoms with Crippen LogP contribution in [0.25, 0.3) is 0 Å². The Hall–Kier alpha value is -0.570. The van der Waals surface area contributed by atoms with E-state index in [0.29, 0.717) is 12.1 Å². The number of nitrogens with one attached hydrogen (secondary N) is 1. The number of carbonyl (C=O) groups is 1. The van der Waals surface area contributed by atoms with E-state index < -0.39 is 0 Å². The standard InChI is InChI=1S/C9H16N2O/c1-9(2)4-3-7(12)11-6-5-10-8(9)11/h8,10H,3-6H2,1-2H3. The van der Waals surface area contributed by atoms with Crippen molar-refractivity contribution in [1.29, 1.82) is 0 Å². The first-order valence-corrected chi connectivity index (χ1v) is 4.64. The van der Waals surface area contributed by atoms with E-state index in [1.54, 1.807) is 0 Å². The molecule has 0 aliphatic carbocycles. The lowest BCUT2D eigenvalue weighted by atomic mass is 9.81. The minimum absolute atomic E-state index is 0.254. The molecule has 1 unspecified atom stereocenters. The fourth-order valence-electron chi connectivity index (χ4n) is 2.24. The first-order valence-electron chi connectivity index (χ1n) is 4.64. The molecule has 2 fully saturated rings. The van der Waals surface area contributed by atoms with E-state index in [4.69, 9.17) is 0 Å². The molecule has 0 spiro atoms. The molecule has 2 saturated heterocycles. The van der Waals surface area contributed by atoms with Crippen LogP contribution in [0.2, 0.25) is 0 Å². The van der Waals surface area contributed by atoms with Crippen molar-refractivity contribution in [2.24, 2.45) is 5.41 Å². The Balaban J connectivity index is 2.22. The molecule has 0 aromatic heterocycles. The summed E-state index contributed by atoms with van der Waals surface area (Å²) >= 11 is 0. The van der Waals surface area contributed by atoms with Gasteiger partial charge in [0.15, 0.2) is 0 Å². The molecule has 0 saturated carbocycles. The molecule has 12 heavy (non-hydrogen) atoms. The van der Waals surface area contributed by atoms with Crippen LogP contribution in [0.15, 0.2) is 0 Å². The van der Waals surface area contributed by atoms with Gasteiger partial charge in [0.1, 0.15) is 0 Å². The highest BCUT2D eigenvalue weighted by molar-refractivity contribution is 5.77. The Bertz CT molecular complexity index is 213. The van der Waals surface area contributed by atoms with Gasteiger partial charge in [-0.15, -0.1) is 0 Å². The van der Waals surface area contributed by atoms with Crippen LogP contribution in [0.5, 0.6) is 0 Å². The van der Waals surface area contributed by atoms with Gasteiger partial charge in [-0.2, -0.15) is 0 Å². The normalized spacial score (nSPS) is 33.7. The molecular weight excluding hydrogens is 152 g/mol. The summed E-state index contributed by atoms with van der Waals surface area (Å²) in [5.41, 5.74) is 0.254. The molecule has 1 amide bonds. The molecule has 0 aromatic rings. The summed E-state index contributed by atoms with van der Waals surface area (Å²) in [5.74, 6) is 0.323. The van der Waals surface area contributed by atoms with Crippen LogP contribution in [0.1, 0.15) is 26.7 Å². The predicted molar refractivity (Wildman–Crippen MR) is 46.5 cm³/mol. The Morgan fingerprint density at radius 3 is 3.00 bits per heavy atom. The monoisotopic (exact) mass is 168 g/mol. The molecule has 2 aliphatic heterocycles. The van der Waals surface area contributed by atoms with Crippen molar-refractivity contribution in [3.63, 3.8) is 0 Å². The molecule has 0 aromatic carbocycles. The number of rotatable bonds is 0. The summed E-state index contributed by atoms with van der Waals surface area (Å²) in [5, 5.41) is 3.38. The van der Waals surface area contributed by atoms with Crippen molar-refractivity contribution in [3.8, 4) is 0 Å². The largest absolute Gasteiger partial charge is 0.325 e. The number of fused-ring (bicyclic) bond motifs is 1. The quantitative estimate of drug-likeness (QED) is 0.573. The maximum atomic E-state index is 11.4. The lowest BCUT2D eigenvalue weighted by molar-refractivity contribution is -0.139. The lowest BCUT2D eigenvalue weighted by Crippen LogP contribution is -2.53. The molecule has 2 aliphatic rings. The highest BCUT2D eigenvalue weighted by atomic mass is 16.2. The summed E-state index contributed by atoms with van der Waals surface area (Å²) in [6.07, 6.45) is 2.03. The Labute approximate surface area is 73.1 Å². The second-order valence-electron chi connectivity index (χ2n) is 4.43. The van der Waals surface area contributed by atoms with Crippen LogP contribution < -0.4 is 5.32 Å². The summed E-state index contributed by atoms with van der Waals surface area (Å²) in [6.45, 7) is 6.32. The topological polar surface area (TPSA) is 32.3 Å². The molecule has 0 bridgehead atoms. The van der Waals surface area contributed by atoms with E-state index in [1.165, 1.54) is 0 Å². The molecule has 3 heteroatoms. The van der Waals surface area contributed by atoms with Gasteiger partial charge in [-0.3, -0.25) is 10.1 Å². The summed E-state index contributed by atoms with van der Waals surface area (Å²) in [7, 11) is 0. The van der Waals surface area contributed by atoms with Crippen molar-refractivity contribution < 1.29 is 4.79 Å². The molecule has 2 heterocycles. The molecule has 1 atom stereocenters. The van der Waals surface area contributed by atoms with Gasteiger partial charge in [-0.1, -0.05) is 13.8 Å². The van der Waals surface area contributed by atoms with E-state index in [-0.39, 0.29) is 5.41 Å². The second-order valence-corrected chi connectivity index (χ2v) is 4.43. The number of piperidine rings is 1. The van der Waals surface area contributed by atoms with Crippen LogP contribution >= 0.6 is 0 Å². The zero-order valence-corrected chi connectivity index (χ0v) is 7.76. The molecular formula is C9H16N2O. The van der Waals surface area contributed by atoms with Gasteiger partial charge >= 0.3 is 0 Å². The number of hydrogen-bond donors (Lipinski definition) is 1. The third-order valence-corrected chi connectivity index (χ3v) is 3.05. The Morgan fingerprint density at radius 2 is 2.33 bits per heavy atom. The van der Waals surface area contributed by atoms with E-state index >= 15 is 0 Å². The summed E-state index contributed by atoms with van der Waals surface area (Å²) < 4.78 is 0. The molecule has 1 N–H and O–H groups in total. The Kier molecular flexibility index (Phi) is 1.65. The minimum atomic E-state index is 0.254. The van der Waals surface area contributed by atoms with Gasteiger partial charge < -0.3 is 4.90 Å². The van der Waals surface area contributed by atoms with Crippen molar-refractivity contribution in [3.05, 3.63) is 0 Å². The van der Waals surface area contributed by atoms with Crippen molar-refractivity contribution in [2.75, 3.05) is 13.1 Å². The average molecular weight is 168 g/mol. The van der Waals surface area contributed by atoms with Crippen LogP contribution in [0, 0.1) is 5.41 Å². The SMILES string of the molecule is CC1(C)CCC(=O)N2CCNC21. The zero-order chi connectivity index (χ0) is 8.77. The fraction of sp³-hybridized carbons (Fsp3) is 0.889. The molecule has 3 nitrogen and oxygen atoms in total. The van der Waals surface area contributed by atoms with Gasteiger partial charge in [0.2, 0.25) is 5.91 Å². The van der Waals surface area contributed by atoms with Crippen LogP contribution in [0.4, 0.5) is 0 Å². The van der Waals surface area contributed by atoms with Gasteiger partial charge in [0.25, 0.3) is 0 Å². The highest BCUT2D eigenvalue weighted by Gasteiger charge is 2.43. The van der Waals surface area contributed by atoms with Gasteiger partial charge in [-0.05, 0) is 11.8 Å². The highest BCUT2D eigenvalue weighted by Crippen LogP contribution is 2.35. The van der Waals surface area contributed by atoms with Crippen LogP contribution in [-0.2, 0) is 4.79 Å². The number of hydrogen-bond acceptors (Lipinski definition) is 2. The first-order chi connectivity index (χ1) is 5.61. The van der Waals surface area contributed by atoms with E-state index in [9.17, 15) is 4.79 Å². The van der Waals surface area contributed by atoms with Crippen molar-refractivity contribution in [1.82, 2.24) is 10.2 Å². The van der Waals surface area contributed by atoms with E-state index in [0.717, 1.165) is 25.9 Å². The van der Waals surface area contributed by atoms with Crippen LogP contribution in [-0.4, -0.2) is 30.1 Å². The van der Waals surface area contributed by atoms with Crippen molar-refractivity contribution >= 4 is 5.91 Å². The molecule has 0 radical (unpaired) electrons. The van der Waals surface area contributed by atoms with Gasteiger partial charge in [0, 0.05) is 19.5 Å². The van der Waals surface area contributed by atoms with E-state index in [1.807, 2.05) is 4.90 Å². The third-order valence-electron chi connectivity index (χ3n) is 3.05. The number of carbonyl (C=O) groups excluding carboxylic acids is 1. The predicted octanol–water partition coefficient (Wildman–Crippen LogP) is 0.564. The zero-order valence-electron chi connectivity index (χ0n) is 7.76. The Morgan fingerprint density at radius 1 is 1.58 bits per heavy atom. The van der Waals surface area contributed by atoms with Crippen LogP contribution in [0.3, 0.4) is 0 Å². The fourth-order valence-corrected chi connectivity index (χ4v) is 2.24. The average Bonchev–Trinajstić information content (AvgIpc) is 2.46. The summed E-state index contributed by atoms with van der Waals surface area (Å²) in [6, 6.07) is 0. The summed E-state index contributed by atoms with van der Waals surface area (Å²) in [4.78, 5) is 13.4. The third kappa shape index (κ3) is 1.04. The second kappa shape index (κ2) is 2.46. The van der Waals surface area contributed by atoms with Gasteiger partial charge in [0.05, 0.1) is 6.17 Å². The van der Waals surface area contributed by atoms with Crippen molar-refractivity contribution in [2.45, 2.75) is 32.9 Å². The molecule has 2 rings (SSSR count). The lowest BCUT2D eigenvalue weighted by Gasteiger charge is -2.41. The minimum Gasteiger partial charge on any atom is -0.325 e. The first kappa shape index (κ1) is 8.05. The molecule has 68 valence electrons. The maximum absolute atomic E-state index is 11.4. The maximum Gasteiger partial charge on any atom is 0.223 e. The van der Waals surface area contributed by atoms with E-state index in [2.05, 4.69) is 19.2 Å².